The number of aliphatic carboxylic acids is 1. The first kappa shape index (κ1) is 27.5. The zero-order valence-corrected chi connectivity index (χ0v) is 23.0. The summed E-state index contributed by atoms with van der Waals surface area (Å²) in [5.41, 5.74) is 7.35. The third-order valence-electron chi connectivity index (χ3n) is 7.24. The summed E-state index contributed by atoms with van der Waals surface area (Å²) in [4.78, 5) is 27.6. The average molecular weight is 518 g/mol. The summed E-state index contributed by atoms with van der Waals surface area (Å²) in [6, 6.07) is 13.9. The monoisotopic (exact) mass is 517 g/mol. The topological polar surface area (TPSA) is 66.8 Å². The lowest BCUT2D eigenvalue weighted by molar-refractivity contribution is -0.160. The van der Waals surface area contributed by atoms with Crippen LogP contribution in [0.15, 0.2) is 48.5 Å². The van der Waals surface area contributed by atoms with Crippen molar-refractivity contribution in [3.63, 3.8) is 0 Å². The molecule has 0 bridgehead atoms. The van der Waals surface area contributed by atoms with E-state index in [2.05, 4.69) is 0 Å². The lowest BCUT2D eigenvalue weighted by atomic mass is 9.81. The number of nitrogens with zero attached hydrogens (tertiary/aromatic N) is 1. The SMILES string of the molecule is Cc1ccc(-c2c(C)c3c(c(C)c2[C@H](OC(C)(C)C)C(=O)O)CCN(C(=O)c2cccc(F)c2)CC3)cc1. The molecule has 1 aliphatic heterocycles. The van der Waals surface area contributed by atoms with E-state index >= 15 is 0 Å². The molecular weight excluding hydrogens is 481 g/mol. The Hall–Kier alpha value is -3.51. The smallest absolute Gasteiger partial charge is 0.337 e. The number of benzene rings is 3. The van der Waals surface area contributed by atoms with E-state index in [-0.39, 0.29) is 5.91 Å². The number of rotatable bonds is 5. The molecule has 200 valence electrons. The van der Waals surface area contributed by atoms with Crippen LogP contribution < -0.4 is 0 Å². The van der Waals surface area contributed by atoms with Crippen LogP contribution in [0.1, 0.15) is 70.6 Å². The predicted octanol–water partition coefficient (Wildman–Crippen LogP) is 6.60. The Morgan fingerprint density at radius 2 is 1.55 bits per heavy atom. The molecule has 0 fully saturated rings. The van der Waals surface area contributed by atoms with Gasteiger partial charge >= 0.3 is 5.97 Å². The number of halogens is 1. The van der Waals surface area contributed by atoms with Crippen LogP contribution in [0.25, 0.3) is 11.1 Å². The zero-order valence-electron chi connectivity index (χ0n) is 23.0. The van der Waals surface area contributed by atoms with Gasteiger partial charge in [-0.05, 0) is 106 Å². The lowest BCUT2D eigenvalue weighted by Crippen LogP contribution is -2.33. The van der Waals surface area contributed by atoms with Gasteiger partial charge in [0, 0.05) is 24.2 Å². The van der Waals surface area contributed by atoms with E-state index in [0.717, 1.165) is 38.9 Å². The number of fused-ring (bicyclic) bond motifs is 1. The summed E-state index contributed by atoms with van der Waals surface area (Å²) < 4.78 is 20.0. The largest absolute Gasteiger partial charge is 0.479 e. The molecule has 0 saturated carbocycles. The van der Waals surface area contributed by atoms with Gasteiger partial charge in [0.1, 0.15) is 5.82 Å². The van der Waals surface area contributed by atoms with Crippen molar-refractivity contribution in [2.75, 3.05) is 13.1 Å². The molecule has 5 nitrogen and oxygen atoms in total. The molecule has 1 atom stereocenters. The van der Waals surface area contributed by atoms with Gasteiger partial charge in [0.2, 0.25) is 0 Å². The number of ether oxygens (including phenoxy) is 1. The number of carbonyl (C=O) groups is 2. The van der Waals surface area contributed by atoms with E-state index in [1.165, 1.54) is 12.1 Å². The van der Waals surface area contributed by atoms with Crippen LogP contribution in [-0.4, -0.2) is 40.6 Å². The molecule has 3 aromatic rings. The highest BCUT2D eigenvalue weighted by Gasteiger charge is 2.34. The molecule has 3 aromatic carbocycles. The Kier molecular flexibility index (Phi) is 7.75. The van der Waals surface area contributed by atoms with E-state index in [1.807, 2.05) is 65.8 Å². The van der Waals surface area contributed by atoms with Crippen molar-refractivity contribution in [3.05, 3.63) is 93.3 Å². The van der Waals surface area contributed by atoms with Gasteiger partial charge in [-0.25, -0.2) is 9.18 Å². The number of amides is 1. The fourth-order valence-electron chi connectivity index (χ4n) is 5.45. The summed E-state index contributed by atoms with van der Waals surface area (Å²) in [6.07, 6.45) is 0.0511. The maximum absolute atomic E-state index is 13.8. The van der Waals surface area contributed by atoms with Crippen molar-refractivity contribution in [3.8, 4) is 11.1 Å². The third-order valence-corrected chi connectivity index (χ3v) is 7.24. The molecule has 0 saturated heterocycles. The number of carboxylic acids is 1. The van der Waals surface area contributed by atoms with Crippen molar-refractivity contribution in [1.82, 2.24) is 4.90 Å². The van der Waals surface area contributed by atoms with Crippen LogP contribution >= 0.6 is 0 Å². The fourth-order valence-corrected chi connectivity index (χ4v) is 5.45. The minimum atomic E-state index is -1.15. The van der Waals surface area contributed by atoms with Crippen molar-refractivity contribution in [2.45, 2.75) is 66.1 Å². The minimum absolute atomic E-state index is 0.203. The predicted molar refractivity (Wildman–Crippen MR) is 147 cm³/mol. The first-order valence-electron chi connectivity index (χ1n) is 13.0. The molecular formula is C32H36FNO4. The molecule has 1 amide bonds. The van der Waals surface area contributed by atoms with Crippen LogP contribution in [0, 0.1) is 26.6 Å². The second kappa shape index (κ2) is 10.7. The van der Waals surface area contributed by atoms with Crippen LogP contribution in [0.3, 0.4) is 0 Å². The Morgan fingerprint density at radius 3 is 2.11 bits per heavy atom. The molecule has 1 aliphatic rings. The van der Waals surface area contributed by atoms with Gasteiger partial charge in [-0.2, -0.15) is 0 Å². The van der Waals surface area contributed by atoms with Crippen molar-refractivity contribution >= 4 is 11.9 Å². The molecule has 0 unspecified atom stereocenters. The highest BCUT2D eigenvalue weighted by atomic mass is 19.1. The van der Waals surface area contributed by atoms with E-state index in [4.69, 9.17) is 4.74 Å². The normalized spacial score (nSPS) is 14.6. The van der Waals surface area contributed by atoms with Crippen LogP contribution in [0.5, 0.6) is 0 Å². The van der Waals surface area contributed by atoms with Crippen molar-refractivity contribution in [1.29, 1.82) is 0 Å². The molecule has 0 radical (unpaired) electrons. The molecule has 0 aliphatic carbocycles. The number of carboxylic acid groups (broad SMARTS) is 1. The van der Waals surface area contributed by atoms with Gasteiger partial charge in [-0.15, -0.1) is 0 Å². The number of hydrogen-bond donors (Lipinski definition) is 1. The molecule has 0 spiro atoms. The second-order valence-electron chi connectivity index (χ2n) is 11.1. The maximum Gasteiger partial charge on any atom is 0.337 e. The molecule has 38 heavy (non-hydrogen) atoms. The van der Waals surface area contributed by atoms with Gasteiger partial charge in [0.15, 0.2) is 6.10 Å². The summed E-state index contributed by atoms with van der Waals surface area (Å²) >= 11 is 0. The van der Waals surface area contributed by atoms with E-state index in [1.54, 1.807) is 17.0 Å². The number of carbonyl (C=O) groups excluding carboxylic acids is 1. The summed E-state index contributed by atoms with van der Waals surface area (Å²) in [5, 5.41) is 10.3. The molecule has 1 heterocycles. The van der Waals surface area contributed by atoms with Crippen molar-refractivity contribution < 1.29 is 23.8 Å². The molecule has 0 aromatic heterocycles. The van der Waals surface area contributed by atoms with Gasteiger partial charge < -0.3 is 14.7 Å². The van der Waals surface area contributed by atoms with E-state index < -0.39 is 23.5 Å². The van der Waals surface area contributed by atoms with E-state index in [9.17, 15) is 19.1 Å². The summed E-state index contributed by atoms with van der Waals surface area (Å²) in [5.74, 6) is -1.68. The summed E-state index contributed by atoms with van der Waals surface area (Å²) in [6.45, 7) is 12.6. The second-order valence-corrected chi connectivity index (χ2v) is 11.1. The van der Waals surface area contributed by atoms with Gasteiger partial charge in [0.05, 0.1) is 5.60 Å². The minimum Gasteiger partial charge on any atom is -0.479 e. The van der Waals surface area contributed by atoms with Crippen LogP contribution in [0.4, 0.5) is 4.39 Å². The fraction of sp³-hybridized carbons (Fsp3) is 0.375. The van der Waals surface area contributed by atoms with Crippen molar-refractivity contribution in [2.24, 2.45) is 0 Å². The Labute approximate surface area is 224 Å². The zero-order chi connectivity index (χ0) is 27.8. The van der Waals surface area contributed by atoms with Gasteiger partial charge in [0.25, 0.3) is 5.91 Å². The van der Waals surface area contributed by atoms with Gasteiger partial charge in [-0.1, -0.05) is 35.9 Å². The first-order chi connectivity index (χ1) is 17.9. The Morgan fingerprint density at radius 1 is 0.947 bits per heavy atom. The number of aryl methyl sites for hydroxylation is 1. The number of hydrogen-bond acceptors (Lipinski definition) is 3. The van der Waals surface area contributed by atoms with Crippen LogP contribution in [-0.2, 0) is 22.4 Å². The average Bonchev–Trinajstić information content (AvgIpc) is 3.08. The standard InChI is InChI=1S/C32H36FNO4/c1-19-10-12-22(13-11-19)27-20(2)25-14-16-34(30(35)23-8-7-9-24(33)18-23)17-15-26(25)21(3)28(27)29(31(36)37)38-32(4,5)6/h7-13,18,29H,14-17H2,1-6H3,(H,36,37)/t29-/m0/s1. The summed E-state index contributed by atoms with van der Waals surface area (Å²) in [7, 11) is 0. The van der Waals surface area contributed by atoms with E-state index in [0.29, 0.717) is 37.1 Å². The van der Waals surface area contributed by atoms with Crippen LogP contribution in [0.2, 0.25) is 0 Å². The third kappa shape index (κ3) is 5.65. The first-order valence-corrected chi connectivity index (χ1v) is 13.0. The Balaban J connectivity index is 1.85. The molecule has 4 rings (SSSR count). The highest BCUT2D eigenvalue weighted by Crippen LogP contribution is 2.42. The lowest BCUT2D eigenvalue weighted by Gasteiger charge is -2.30. The maximum atomic E-state index is 13.8. The quantitative estimate of drug-likeness (QED) is 0.414. The Bertz CT molecular complexity index is 1370. The molecule has 6 heteroatoms. The molecule has 1 N–H and O–H groups in total. The van der Waals surface area contributed by atoms with Gasteiger partial charge in [-0.3, -0.25) is 4.79 Å². The highest BCUT2D eigenvalue weighted by molar-refractivity contribution is 5.94.